The Balaban J connectivity index is 1.69. The third kappa shape index (κ3) is 3.38. The van der Waals surface area contributed by atoms with Crippen molar-refractivity contribution in [2.24, 2.45) is 0 Å². The molecule has 0 aliphatic heterocycles. The molecule has 1 N–H and O–H groups in total. The van der Waals surface area contributed by atoms with E-state index in [0.717, 1.165) is 28.6 Å². The number of hydrogen-bond acceptors (Lipinski definition) is 4. The second-order valence-corrected chi connectivity index (χ2v) is 7.10. The van der Waals surface area contributed by atoms with Gasteiger partial charge in [-0.1, -0.05) is 23.7 Å². The van der Waals surface area contributed by atoms with Gasteiger partial charge in [0.05, 0.1) is 17.4 Å². The first-order chi connectivity index (χ1) is 12.9. The molecule has 4 aromatic rings. The molecule has 0 aliphatic carbocycles. The summed E-state index contributed by atoms with van der Waals surface area (Å²) in [5.74, 6) is 1.59. The number of hydrogen-bond donors (Lipinski definition) is 1. The first-order valence-corrected chi connectivity index (χ1v) is 9.06. The third-order valence-electron chi connectivity index (χ3n) is 4.47. The summed E-state index contributed by atoms with van der Waals surface area (Å²) in [6.07, 6.45) is 0.590. The quantitative estimate of drug-likeness (QED) is 0.586. The van der Waals surface area contributed by atoms with Gasteiger partial charge in [-0.2, -0.15) is 5.10 Å². The van der Waals surface area contributed by atoms with Gasteiger partial charge in [-0.15, -0.1) is 0 Å². The zero-order valence-corrected chi connectivity index (χ0v) is 16.0. The first kappa shape index (κ1) is 17.5. The van der Waals surface area contributed by atoms with Crippen molar-refractivity contribution >= 4 is 17.2 Å². The van der Waals surface area contributed by atoms with Crippen molar-refractivity contribution in [2.45, 2.75) is 33.2 Å². The predicted molar refractivity (Wildman–Crippen MR) is 104 cm³/mol. The number of fused-ring (bicyclic) bond motifs is 1. The third-order valence-corrected chi connectivity index (χ3v) is 4.70. The Kier molecular flexibility index (Phi) is 4.31. The molecule has 7 nitrogen and oxygen atoms in total. The molecule has 8 heteroatoms. The normalized spacial score (nSPS) is 12.6. The van der Waals surface area contributed by atoms with E-state index in [1.54, 1.807) is 6.07 Å². The van der Waals surface area contributed by atoms with Gasteiger partial charge in [-0.3, -0.25) is 9.89 Å². The molecule has 0 radical (unpaired) electrons. The number of aromatic nitrogens is 6. The number of benzene rings is 1. The minimum absolute atomic E-state index is 0.0480. The number of H-pyrrole nitrogens is 1. The lowest BCUT2D eigenvalue weighted by molar-refractivity contribution is 0.469. The van der Waals surface area contributed by atoms with Crippen LogP contribution in [-0.2, 0) is 6.42 Å². The van der Waals surface area contributed by atoms with Crippen molar-refractivity contribution in [1.82, 2.24) is 29.4 Å². The Morgan fingerprint density at radius 3 is 2.70 bits per heavy atom. The highest BCUT2D eigenvalue weighted by Crippen LogP contribution is 2.22. The summed E-state index contributed by atoms with van der Waals surface area (Å²) >= 11 is 6.07. The molecule has 1 aromatic carbocycles. The lowest BCUT2D eigenvalue weighted by atomic mass is 10.1. The van der Waals surface area contributed by atoms with E-state index in [0.29, 0.717) is 17.1 Å². The Morgan fingerprint density at radius 1 is 1.19 bits per heavy atom. The van der Waals surface area contributed by atoms with E-state index >= 15 is 0 Å². The summed E-state index contributed by atoms with van der Waals surface area (Å²) in [6.45, 7) is 5.83. The van der Waals surface area contributed by atoms with Crippen LogP contribution in [0.1, 0.15) is 30.3 Å². The van der Waals surface area contributed by atoms with Gasteiger partial charge in [-0.05, 0) is 32.9 Å². The van der Waals surface area contributed by atoms with Crippen LogP contribution in [0.2, 0.25) is 5.02 Å². The zero-order chi connectivity index (χ0) is 19.1. The van der Waals surface area contributed by atoms with Gasteiger partial charge in [0.25, 0.3) is 5.56 Å². The number of nitrogens with zero attached hydrogens (tertiary/aromatic N) is 5. The van der Waals surface area contributed by atoms with Gasteiger partial charge in [0.15, 0.2) is 5.65 Å². The minimum Gasteiger partial charge on any atom is -0.289 e. The number of rotatable bonds is 4. The van der Waals surface area contributed by atoms with Gasteiger partial charge in [0, 0.05) is 29.1 Å². The summed E-state index contributed by atoms with van der Waals surface area (Å²) in [6, 6.07) is 10.9. The molecule has 0 spiro atoms. The highest BCUT2D eigenvalue weighted by atomic mass is 35.5. The molecular formula is C19H19ClN6O. The summed E-state index contributed by atoms with van der Waals surface area (Å²) in [5.41, 5.74) is 2.83. The fourth-order valence-corrected chi connectivity index (χ4v) is 3.48. The summed E-state index contributed by atoms with van der Waals surface area (Å²) in [5, 5.41) is 8.14. The highest BCUT2D eigenvalue weighted by molar-refractivity contribution is 6.30. The Labute approximate surface area is 160 Å². The topological polar surface area (TPSA) is 80.9 Å². The SMILES string of the molecule is Cc1nc(C)n([C@H](C)Cc2cc(=O)n3[nH]c(-c4cccc(Cl)c4)cc3n2)n1. The van der Waals surface area contributed by atoms with Gasteiger partial charge < -0.3 is 0 Å². The summed E-state index contributed by atoms with van der Waals surface area (Å²) < 4.78 is 3.31. The second kappa shape index (κ2) is 6.66. The zero-order valence-electron chi connectivity index (χ0n) is 15.3. The maximum atomic E-state index is 12.5. The standard InChI is InChI=1S/C19H19ClN6O/c1-11(25-13(3)21-12(2)23-25)7-16-9-19(27)26-18(22-16)10-17(24-26)14-5-4-6-15(20)8-14/h4-6,8-11,24H,7H2,1-3H3/t11-/m1/s1. The van der Waals surface area contributed by atoms with Crippen LogP contribution in [0.4, 0.5) is 0 Å². The van der Waals surface area contributed by atoms with Crippen LogP contribution >= 0.6 is 11.6 Å². The lowest BCUT2D eigenvalue weighted by Gasteiger charge is -2.12. The van der Waals surface area contributed by atoms with E-state index in [9.17, 15) is 4.79 Å². The van der Waals surface area contributed by atoms with E-state index in [1.165, 1.54) is 4.52 Å². The fraction of sp³-hybridized carbons (Fsp3) is 0.263. The molecule has 0 saturated carbocycles. The lowest BCUT2D eigenvalue weighted by Crippen LogP contribution is -2.18. The van der Waals surface area contributed by atoms with Gasteiger partial charge in [-0.25, -0.2) is 19.2 Å². The molecule has 1 atom stereocenters. The molecule has 4 rings (SSSR count). The molecule has 0 fully saturated rings. The van der Waals surface area contributed by atoms with E-state index in [1.807, 2.05) is 55.8 Å². The number of nitrogens with one attached hydrogen (secondary N) is 1. The minimum atomic E-state index is -0.151. The van der Waals surface area contributed by atoms with E-state index in [2.05, 4.69) is 20.2 Å². The molecule has 27 heavy (non-hydrogen) atoms. The number of aryl methyl sites for hydroxylation is 2. The Morgan fingerprint density at radius 2 is 2.00 bits per heavy atom. The van der Waals surface area contributed by atoms with Gasteiger partial charge >= 0.3 is 0 Å². The fourth-order valence-electron chi connectivity index (χ4n) is 3.29. The molecule has 138 valence electrons. The van der Waals surface area contributed by atoms with Crippen molar-refractivity contribution in [3.63, 3.8) is 0 Å². The maximum Gasteiger partial charge on any atom is 0.272 e. The Hall–Kier alpha value is -2.93. The first-order valence-electron chi connectivity index (χ1n) is 8.68. The molecule has 0 amide bonds. The molecular weight excluding hydrogens is 364 g/mol. The van der Waals surface area contributed by atoms with Crippen molar-refractivity contribution in [3.05, 3.63) is 69.1 Å². The smallest absolute Gasteiger partial charge is 0.272 e. The van der Waals surface area contributed by atoms with Crippen molar-refractivity contribution in [1.29, 1.82) is 0 Å². The molecule has 3 aromatic heterocycles. The van der Waals surface area contributed by atoms with E-state index in [-0.39, 0.29) is 11.6 Å². The molecule has 0 aliphatic rings. The molecule has 0 unspecified atom stereocenters. The second-order valence-electron chi connectivity index (χ2n) is 6.66. The maximum absolute atomic E-state index is 12.5. The highest BCUT2D eigenvalue weighted by Gasteiger charge is 2.14. The van der Waals surface area contributed by atoms with E-state index in [4.69, 9.17) is 11.6 Å². The predicted octanol–water partition coefficient (Wildman–Crippen LogP) is 3.36. The number of aromatic amines is 1. The van der Waals surface area contributed by atoms with Crippen LogP contribution in [0.5, 0.6) is 0 Å². The van der Waals surface area contributed by atoms with Crippen LogP contribution in [-0.4, -0.2) is 29.4 Å². The molecule has 0 saturated heterocycles. The molecule has 0 bridgehead atoms. The average molecular weight is 383 g/mol. The van der Waals surface area contributed by atoms with Crippen LogP contribution in [0.3, 0.4) is 0 Å². The van der Waals surface area contributed by atoms with Crippen LogP contribution in [0.25, 0.3) is 16.9 Å². The van der Waals surface area contributed by atoms with Crippen molar-refractivity contribution in [3.8, 4) is 11.3 Å². The van der Waals surface area contributed by atoms with Crippen molar-refractivity contribution < 1.29 is 0 Å². The largest absolute Gasteiger partial charge is 0.289 e. The monoisotopic (exact) mass is 382 g/mol. The average Bonchev–Trinajstić information content (AvgIpc) is 3.18. The van der Waals surface area contributed by atoms with Gasteiger partial charge in [0.1, 0.15) is 11.6 Å². The van der Waals surface area contributed by atoms with Crippen molar-refractivity contribution in [2.75, 3.05) is 0 Å². The van der Waals surface area contributed by atoms with Crippen LogP contribution in [0.15, 0.2) is 41.2 Å². The summed E-state index contributed by atoms with van der Waals surface area (Å²) in [4.78, 5) is 21.5. The molecule has 3 heterocycles. The van der Waals surface area contributed by atoms with E-state index < -0.39 is 0 Å². The Bertz CT molecular complexity index is 1190. The van der Waals surface area contributed by atoms with Gasteiger partial charge in [0.2, 0.25) is 0 Å². The van der Waals surface area contributed by atoms with Crippen LogP contribution < -0.4 is 5.56 Å². The van der Waals surface area contributed by atoms with Crippen LogP contribution in [0, 0.1) is 13.8 Å². The number of halogens is 1. The summed E-state index contributed by atoms with van der Waals surface area (Å²) in [7, 11) is 0.